The van der Waals surface area contributed by atoms with Crippen molar-refractivity contribution in [2.75, 3.05) is 6.54 Å². The largest absolute Gasteiger partial charge is 0.460 e. The molecule has 14 nitrogen and oxygen atoms in total. The van der Waals surface area contributed by atoms with E-state index in [0.29, 0.717) is 12.0 Å². The molecule has 0 saturated carbocycles. The molecule has 16 heteroatoms. The third-order valence-electron chi connectivity index (χ3n) is 10.4. The first-order valence-electron chi connectivity index (χ1n) is 21.0. The lowest BCUT2D eigenvalue weighted by Gasteiger charge is -2.29. The summed E-state index contributed by atoms with van der Waals surface area (Å²) in [4.78, 5) is 108. The molecule has 1 saturated heterocycles. The molecule has 4 N–H and O–H groups in total. The van der Waals surface area contributed by atoms with Crippen LogP contribution in [0.4, 0.5) is 8.78 Å². The molecule has 0 bridgehead atoms. The minimum atomic E-state index is -1.47. The number of rotatable bonds is 23. The van der Waals surface area contributed by atoms with Crippen LogP contribution in [0.1, 0.15) is 113 Å². The fourth-order valence-electron chi connectivity index (χ4n) is 7.33. The van der Waals surface area contributed by atoms with Crippen LogP contribution in [0.15, 0.2) is 78.9 Å². The summed E-state index contributed by atoms with van der Waals surface area (Å²) in [6.07, 6.45) is -1.90. The van der Waals surface area contributed by atoms with E-state index in [1.807, 2.05) is 30.3 Å². The number of ether oxygens (including phenoxy) is 2. The van der Waals surface area contributed by atoms with Crippen molar-refractivity contribution in [3.8, 4) is 0 Å². The maximum atomic E-state index is 14.7. The van der Waals surface area contributed by atoms with Gasteiger partial charge in [0.1, 0.15) is 34.9 Å². The van der Waals surface area contributed by atoms with Gasteiger partial charge in [-0.25, -0.2) is 8.78 Å². The number of carbonyl (C=O) groups excluding carboxylic acids is 8. The predicted molar refractivity (Wildman–Crippen MR) is 226 cm³/mol. The lowest BCUT2D eigenvalue weighted by atomic mass is 9.87. The predicted octanol–water partition coefficient (Wildman–Crippen LogP) is 5.40. The zero-order valence-corrected chi connectivity index (χ0v) is 36.0. The Kier molecular flexibility index (Phi) is 18.3. The van der Waals surface area contributed by atoms with Gasteiger partial charge in [0.05, 0.1) is 18.8 Å². The molecule has 1 aliphatic rings. The monoisotopic (exact) mass is 874 g/mol. The van der Waals surface area contributed by atoms with Gasteiger partial charge in [0.2, 0.25) is 23.5 Å². The molecule has 0 aromatic heterocycles. The number of likely N-dealkylation sites (tertiary alicyclic amines) is 1. The van der Waals surface area contributed by atoms with Crippen LogP contribution in [0.5, 0.6) is 0 Å². The second kappa shape index (κ2) is 23.3. The van der Waals surface area contributed by atoms with Gasteiger partial charge in [0.25, 0.3) is 5.91 Å². The number of nitrogens with zero attached hydrogens (tertiary/aromatic N) is 1. The average molecular weight is 875 g/mol. The first-order valence-corrected chi connectivity index (χ1v) is 21.0. The number of esters is 1. The summed E-state index contributed by atoms with van der Waals surface area (Å²) in [6.45, 7) is 6.81. The van der Waals surface area contributed by atoms with Crippen molar-refractivity contribution in [2.45, 2.75) is 122 Å². The summed E-state index contributed by atoms with van der Waals surface area (Å²) in [7, 11) is 0. The van der Waals surface area contributed by atoms with E-state index in [9.17, 15) is 47.1 Å². The third-order valence-corrected chi connectivity index (χ3v) is 10.4. The van der Waals surface area contributed by atoms with Gasteiger partial charge in [-0.3, -0.25) is 38.4 Å². The van der Waals surface area contributed by atoms with E-state index in [4.69, 9.17) is 15.2 Å². The standard InChI is InChI=1S/C47H56F2N4O10/c1-5-14-31(43(58)37(54)23-24-39(56)52-42(44(50)59)30-17-10-7-11-18-30)25-38(55)36-26-32(62-28-29-15-8-6-9-16-29)27-53(36)46(61)35(21-13-22-40(57)63-47(2,3)4)51-45(60)41-33(48)19-12-20-34(41)49/h6-12,15-20,31-32,35-36,42H,5,13-14,21-28H2,1-4H3,(H2,50,59)(H,51,60)(H,52,56)/t31?,32-,35+,36+,42+/m1/s1. The van der Waals surface area contributed by atoms with Crippen molar-refractivity contribution in [3.05, 3.63) is 107 Å². The number of amides is 4. The number of hydrogen-bond donors (Lipinski definition) is 3. The van der Waals surface area contributed by atoms with E-state index in [2.05, 4.69) is 10.6 Å². The lowest BCUT2D eigenvalue weighted by Crippen LogP contribution is -2.52. The Hall–Kier alpha value is -6.16. The molecule has 5 atom stereocenters. The van der Waals surface area contributed by atoms with Crippen LogP contribution in [0, 0.1) is 17.6 Å². The molecule has 3 aromatic carbocycles. The quantitative estimate of drug-likeness (QED) is 0.0817. The first kappa shape index (κ1) is 49.5. The fourth-order valence-corrected chi connectivity index (χ4v) is 7.33. The van der Waals surface area contributed by atoms with E-state index < -0.39 is 119 Å². The molecular weight excluding hydrogens is 819 g/mol. The molecule has 1 fully saturated rings. The SMILES string of the molecule is CCCC(CC(=O)[C@@H]1C[C@@H](OCc2ccccc2)CN1C(=O)[C@H](CCCC(=O)OC(C)(C)C)NC(=O)c1c(F)cccc1F)C(=O)C(=O)CCC(=O)N[C@H](C(N)=O)c1ccccc1. The summed E-state index contributed by atoms with van der Waals surface area (Å²) < 4.78 is 41.0. The number of Topliss-reactive ketones (excluding diaryl/α,β-unsaturated/α-hetero) is 3. The van der Waals surface area contributed by atoms with Gasteiger partial charge in [-0.05, 0) is 63.3 Å². The highest BCUT2D eigenvalue weighted by atomic mass is 19.1. The second-order valence-corrected chi connectivity index (χ2v) is 16.5. The van der Waals surface area contributed by atoms with Gasteiger partial charge in [0, 0.05) is 44.6 Å². The van der Waals surface area contributed by atoms with Gasteiger partial charge >= 0.3 is 5.97 Å². The molecule has 1 unspecified atom stereocenters. The number of hydrogen-bond acceptors (Lipinski definition) is 10. The molecule has 1 heterocycles. The fraction of sp³-hybridized carbons (Fsp3) is 0.447. The maximum Gasteiger partial charge on any atom is 0.306 e. The summed E-state index contributed by atoms with van der Waals surface area (Å²) in [5.74, 6) is -9.90. The third kappa shape index (κ3) is 15.0. The Morgan fingerprint density at radius 2 is 1.46 bits per heavy atom. The number of primary amides is 1. The Morgan fingerprint density at radius 1 is 0.825 bits per heavy atom. The summed E-state index contributed by atoms with van der Waals surface area (Å²) in [5.41, 5.74) is 5.02. The van der Waals surface area contributed by atoms with Gasteiger partial charge in [-0.15, -0.1) is 0 Å². The highest BCUT2D eigenvalue weighted by molar-refractivity contribution is 6.38. The van der Waals surface area contributed by atoms with Gasteiger partial charge in [0.15, 0.2) is 11.6 Å². The topological polar surface area (TPSA) is 208 Å². The second-order valence-electron chi connectivity index (χ2n) is 16.5. The van der Waals surface area contributed by atoms with E-state index in [-0.39, 0.29) is 45.3 Å². The number of ketones is 3. The minimum absolute atomic E-state index is 0.00833. The van der Waals surface area contributed by atoms with E-state index >= 15 is 0 Å². The van der Waals surface area contributed by atoms with Crippen LogP contribution in [-0.4, -0.2) is 82.2 Å². The highest BCUT2D eigenvalue weighted by Gasteiger charge is 2.44. The van der Waals surface area contributed by atoms with E-state index in [1.165, 1.54) is 4.90 Å². The lowest BCUT2D eigenvalue weighted by molar-refractivity contribution is -0.155. The van der Waals surface area contributed by atoms with E-state index in [0.717, 1.165) is 23.8 Å². The average Bonchev–Trinajstić information content (AvgIpc) is 3.67. The Balaban J connectivity index is 1.54. The number of nitrogens with one attached hydrogen (secondary N) is 2. The molecule has 63 heavy (non-hydrogen) atoms. The van der Waals surface area contributed by atoms with Crippen LogP contribution < -0.4 is 16.4 Å². The van der Waals surface area contributed by atoms with Crippen molar-refractivity contribution in [3.63, 3.8) is 0 Å². The normalized spacial score (nSPS) is 16.3. The molecule has 0 radical (unpaired) electrons. The van der Waals surface area contributed by atoms with E-state index in [1.54, 1.807) is 58.0 Å². The molecule has 0 spiro atoms. The van der Waals surface area contributed by atoms with Crippen molar-refractivity contribution < 1.29 is 56.6 Å². The molecule has 4 rings (SSSR count). The van der Waals surface area contributed by atoms with Gasteiger partial charge in [-0.1, -0.05) is 80.1 Å². The first-order chi connectivity index (χ1) is 29.9. The Labute approximate surface area is 365 Å². The van der Waals surface area contributed by atoms with Crippen molar-refractivity contribution >= 4 is 46.9 Å². The molecule has 338 valence electrons. The van der Waals surface area contributed by atoms with Crippen LogP contribution in [-0.2, 0) is 49.6 Å². The van der Waals surface area contributed by atoms with Crippen molar-refractivity contribution in [1.29, 1.82) is 0 Å². The van der Waals surface area contributed by atoms with Crippen molar-refractivity contribution in [2.24, 2.45) is 11.7 Å². The minimum Gasteiger partial charge on any atom is -0.460 e. The smallest absolute Gasteiger partial charge is 0.306 e. The van der Waals surface area contributed by atoms with Crippen LogP contribution >= 0.6 is 0 Å². The van der Waals surface area contributed by atoms with Crippen molar-refractivity contribution in [1.82, 2.24) is 15.5 Å². The Bertz CT molecular complexity index is 2090. The number of halogens is 2. The summed E-state index contributed by atoms with van der Waals surface area (Å²) >= 11 is 0. The van der Waals surface area contributed by atoms with Crippen LogP contribution in [0.25, 0.3) is 0 Å². The Morgan fingerprint density at radius 3 is 2.06 bits per heavy atom. The van der Waals surface area contributed by atoms with Crippen LogP contribution in [0.2, 0.25) is 0 Å². The summed E-state index contributed by atoms with van der Waals surface area (Å²) in [5, 5.41) is 4.91. The van der Waals surface area contributed by atoms with Gasteiger partial charge < -0.3 is 30.7 Å². The zero-order valence-electron chi connectivity index (χ0n) is 36.0. The number of nitrogens with two attached hydrogens (primary N) is 1. The molecule has 3 aromatic rings. The molecule has 1 aliphatic heterocycles. The molecular formula is C47H56F2N4O10. The zero-order chi connectivity index (χ0) is 46.3. The molecule has 4 amide bonds. The molecule has 0 aliphatic carbocycles. The number of benzene rings is 3. The van der Waals surface area contributed by atoms with Gasteiger partial charge in [-0.2, -0.15) is 0 Å². The highest BCUT2D eigenvalue weighted by Crippen LogP contribution is 2.28. The van der Waals surface area contributed by atoms with Crippen LogP contribution in [0.3, 0.4) is 0 Å². The number of carbonyl (C=O) groups is 8. The summed E-state index contributed by atoms with van der Waals surface area (Å²) in [6, 6.07) is 16.4. The maximum absolute atomic E-state index is 14.7.